The van der Waals surface area contributed by atoms with Gasteiger partial charge in [-0.1, -0.05) is 31.9 Å². The summed E-state index contributed by atoms with van der Waals surface area (Å²) in [7, 11) is 0. The molecule has 10 atom stereocenters. The first kappa shape index (κ1) is 30.0. The molecule has 0 unspecified atom stereocenters. The fourth-order valence-electron chi connectivity index (χ4n) is 3.92. The molecule has 0 bridgehead atoms. The molecular weight excluding hydrogens is 468 g/mol. The van der Waals surface area contributed by atoms with E-state index in [1.54, 1.807) is 0 Å². The SMILES string of the molecule is CCCCC=CCCCCC(=O)O[C@@H]1[C@@H](O)[C@@H](O[C@H]2O[C@H](CO)[C@@H](O)[C@H](O)[C@H]2O)O[C@H](CO)[C@H]1O. The van der Waals surface area contributed by atoms with Crippen LogP contribution in [0.4, 0.5) is 0 Å². The quantitative estimate of drug-likeness (QED) is 0.0862. The van der Waals surface area contributed by atoms with E-state index in [1.165, 1.54) is 0 Å². The maximum absolute atomic E-state index is 12.3. The van der Waals surface area contributed by atoms with Crippen LogP contribution in [0.15, 0.2) is 12.2 Å². The van der Waals surface area contributed by atoms with Crippen molar-refractivity contribution in [1.82, 2.24) is 0 Å². The summed E-state index contributed by atoms with van der Waals surface area (Å²) in [5, 5.41) is 69.9. The van der Waals surface area contributed by atoms with Crippen molar-refractivity contribution < 1.29 is 59.5 Å². The molecule has 2 aliphatic rings. The molecule has 0 aromatic heterocycles. The summed E-state index contributed by atoms with van der Waals surface area (Å²) < 4.78 is 21.3. The van der Waals surface area contributed by atoms with Gasteiger partial charge in [0.1, 0.15) is 42.7 Å². The number of rotatable bonds is 13. The van der Waals surface area contributed by atoms with Gasteiger partial charge in [-0.3, -0.25) is 4.79 Å². The van der Waals surface area contributed by atoms with Gasteiger partial charge in [0.2, 0.25) is 0 Å². The number of aliphatic hydroxyl groups is 7. The molecule has 0 spiro atoms. The van der Waals surface area contributed by atoms with Gasteiger partial charge in [-0.2, -0.15) is 0 Å². The standard InChI is InChI=1S/C23H40O12/c1-2-3-4-5-6-7-8-9-10-15(26)34-21-17(28)14(12-25)33-23(20(21)31)35-22-19(30)18(29)16(27)13(11-24)32-22/h5-6,13-14,16-25,27-31H,2-4,7-12H2,1H3/t13-,14-,16-,17-,18+,19-,20-,21+,22-,23-/m1/s1. The Bertz CT molecular complexity index is 644. The minimum Gasteiger partial charge on any atom is -0.456 e. The van der Waals surface area contributed by atoms with Crippen LogP contribution in [-0.4, -0.2) is 116 Å². The number of aliphatic hydroxyl groups excluding tert-OH is 7. The molecule has 0 radical (unpaired) electrons. The number of carbonyl (C=O) groups excluding carboxylic acids is 1. The minimum absolute atomic E-state index is 0.0572. The lowest BCUT2D eigenvalue weighted by Gasteiger charge is -2.45. The predicted octanol–water partition coefficient (Wildman–Crippen LogP) is -1.54. The van der Waals surface area contributed by atoms with Crippen molar-refractivity contribution in [2.24, 2.45) is 0 Å². The van der Waals surface area contributed by atoms with Crippen LogP contribution >= 0.6 is 0 Å². The summed E-state index contributed by atoms with van der Waals surface area (Å²) in [5.41, 5.74) is 0. The van der Waals surface area contributed by atoms with Crippen LogP contribution in [-0.2, 0) is 23.7 Å². The number of esters is 1. The summed E-state index contributed by atoms with van der Waals surface area (Å²) in [4.78, 5) is 12.3. The highest BCUT2D eigenvalue weighted by Gasteiger charge is 2.51. The monoisotopic (exact) mass is 508 g/mol. The van der Waals surface area contributed by atoms with Gasteiger partial charge in [-0.25, -0.2) is 0 Å². The van der Waals surface area contributed by atoms with Gasteiger partial charge in [-0.15, -0.1) is 0 Å². The van der Waals surface area contributed by atoms with Gasteiger partial charge >= 0.3 is 5.97 Å². The Labute approximate surface area is 204 Å². The Kier molecular flexibility index (Phi) is 13.0. The molecule has 2 fully saturated rings. The highest BCUT2D eigenvalue weighted by atomic mass is 16.8. The summed E-state index contributed by atoms with van der Waals surface area (Å²) in [5.74, 6) is -0.659. The largest absolute Gasteiger partial charge is 0.456 e. The molecule has 0 aliphatic carbocycles. The van der Waals surface area contributed by atoms with Gasteiger partial charge in [0, 0.05) is 6.42 Å². The van der Waals surface area contributed by atoms with E-state index in [-0.39, 0.29) is 6.42 Å². The summed E-state index contributed by atoms with van der Waals surface area (Å²) >= 11 is 0. The first-order valence-electron chi connectivity index (χ1n) is 12.2. The Morgan fingerprint density at radius 1 is 0.771 bits per heavy atom. The van der Waals surface area contributed by atoms with Gasteiger partial charge in [0.25, 0.3) is 0 Å². The van der Waals surface area contributed by atoms with Crippen LogP contribution in [0.1, 0.15) is 51.9 Å². The predicted molar refractivity (Wildman–Crippen MR) is 120 cm³/mol. The molecule has 0 amide bonds. The normalized spacial score (nSPS) is 38.1. The molecule has 0 saturated carbocycles. The lowest BCUT2D eigenvalue weighted by atomic mass is 9.98. The summed E-state index contributed by atoms with van der Waals surface area (Å²) in [6, 6.07) is 0. The van der Waals surface area contributed by atoms with Gasteiger partial charge < -0.3 is 54.7 Å². The molecule has 35 heavy (non-hydrogen) atoms. The average molecular weight is 509 g/mol. The highest BCUT2D eigenvalue weighted by molar-refractivity contribution is 5.69. The van der Waals surface area contributed by atoms with E-state index in [9.17, 15) is 40.5 Å². The van der Waals surface area contributed by atoms with Crippen molar-refractivity contribution in [3.8, 4) is 0 Å². The molecule has 2 aliphatic heterocycles. The third kappa shape index (κ3) is 8.42. The third-order valence-corrected chi connectivity index (χ3v) is 6.10. The van der Waals surface area contributed by atoms with Crippen LogP contribution in [0.25, 0.3) is 0 Å². The molecule has 0 aromatic carbocycles. The second-order valence-corrected chi connectivity index (χ2v) is 8.85. The molecule has 12 nitrogen and oxygen atoms in total. The van der Waals surface area contributed by atoms with Crippen molar-refractivity contribution in [2.45, 2.75) is 113 Å². The van der Waals surface area contributed by atoms with Gasteiger partial charge in [-0.05, 0) is 25.7 Å². The average Bonchev–Trinajstić information content (AvgIpc) is 2.85. The molecule has 2 rings (SSSR count). The zero-order valence-electron chi connectivity index (χ0n) is 20.0. The molecule has 204 valence electrons. The molecule has 2 saturated heterocycles. The van der Waals surface area contributed by atoms with E-state index in [0.29, 0.717) is 6.42 Å². The number of hydrogen-bond acceptors (Lipinski definition) is 12. The second kappa shape index (κ2) is 15.2. The lowest BCUT2D eigenvalue weighted by Crippen LogP contribution is -2.64. The first-order chi connectivity index (χ1) is 16.7. The number of carbonyl (C=O) groups is 1. The third-order valence-electron chi connectivity index (χ3n) is 6.10. The lowest BCUT2D eigenvalue weighted by molar-refractivity contribution is -0.376. The highest BCUT2D eigenvalue weighted by Crippen LogP contribution is 2.29. The molecular formula is C23H40O12. The summed E-state index contributed by atoms with van der Waals surface area (Å²) in [6.45, 7) is 0.741. The number of ether oxygens (including phenoxy) is 4. The Balaban J connectivity index is 1.93. The molecule has 2 heterocycles. The van der Waals surface area contributed by atoms with E-state index >= 15 is 0 Å². The molecule has 0 aromatic rings. The Morgan fingerprint density at radius 2 is 1.34 bits per heavy atom. The summed E-state index contributed by atoms with van der Waals surface area (Å²) in [6.07, 6.45) is -6.06. The van der Waals surface area contributed by atoms with Crippen LogP contribution in [0.2, 0.25) is 0 Å². The van der Waals surface area contributed by atoms with Crippen molar-refractivity contribution in [2.75, 3.05) is 13.2 Å². The van der Waals surface area contributed by atoms with Crippen molar-refractivity contribution in [1.29, 1.82) is 0 Å². The van der Waals surface area contributed by atoms with Crippen LogP contribution < -0.4 is 0 Å². The van der Waals surface area contributed by atoms with Crippen molar-refractivity contribution in [3.63, 3.8) is 0 Å². The Morgan fingerprint density at radius 3 is 1.94 bits per heavy atom. The van der Waals surface area contributed by atoms with Gasteiger partial charge in [0.05, 0.1) is 13.2 Å². The maximum Gasteiger partial charge on any atom is 0.306 e. The first-order valence-corrected chi connectivity index (χ1v) is 12.2. The second-order valence-electron chi connectivity index (χ2n) is 8.85. The zero-order chi connectivity index (χ0) is 26.0. The number of allylic oxidation sites excluding steroid dienone is 2. The topological polar surface area (TPSA) is 196 Å². The van der Waals surface area contributed by atoms with Crippen LogP contribution in [0.5, 0.6) is 0 Å². The van der Waals surface area contributed by atoms with Crippen LogP contribution in [0.3, 0.4) is 0 Å². The van der Waals surface area contributed by atoms with Gasteiger partial charge in [0.15, 0.2) is 18.7 Å². The minimum atomic E-state index is -1.76. The fraction of sp³-hybridized carbons (Fsp3) is 0.870. The maximum atomic E-state index is 12.3. The smallest absolute Gasteiger partial charge is 0.306 e. The zero-order valence-corrected chi connectivity index (χ0v) is 20.0. The van der Waals surface area contributed by atoms with Crippen LogP contribution in [0, 0.1) is 0 Å². The fourth-order valence-corrected chi connectivity index (χ4v) is 3.92. The van der Waals surface area contributed by atoms with E-state index < -0.39 is 80.6 Å². The van der Waals surface area contributed by atoms with E-state index in [1.807, 2.05) is 0 Å². The molecule has 12 heteroatoms. The molecule has 7 N–H and O–H groups in total. The van der Waals surface area contributed by atoms with E-state index in [4.69, 9.17) is 18.9 Å². The Hall–Kier alpha value is -1.19. The van der Waals surface area contributed by atoms with E-state index in [2.05, 4.69) is 19.1 Å². The van der Waals surface area contributed by atoms with Crippen molar-refractivity contribution in [3.05, 3.63) is 12.2 Å². The number of unbranched alkanes of at least 4 members (excludes halogenated alkanes) is 4. The van der Waals surface area contributed by atoms with Crippen molar-refractivity contribution >= 4 is 5.97 Å². The number of hydrogen-bond donors (Lipinski definition) is 7. The van der Waals surface area contributed by atoms with E-state index in [0.717, 1.165) is 32.1 Å².